The van der Waals surface area contributed by atoms with Crippen molar-refractivity contribution in [2.45, 2.75) is 18.1 Å². The molecule has 0 saturated carbocycles. The monoisotopic (exact) mass is 304 g/mol. The van der Waals surface area contributed by atoms with Crippen molar-refractivity contribution in [2.75, 3.05) is 25.4 Å². The molecule has 0 spiro atoms. The van der Waals surface area contributed by atoms with Crippen LogP contribution in [-0.4, -0.2) is 36.2 Å². The zero-order valence-electron chi connectivity index (χ0n) is 10.1. The van der Waals surface area contributed by atoms with Crippen molar-refractivity contribution in [1.82, 2.24) is 4.90 Å². The van der Waals surface area contributed by atoms with E-state index in [0.29, 0.717) is 12.3 Å². The zero-order valence-corrected chi connectivity index (χ0v) is 12.5. The van der Waals surface area contributed by atoms with Crippen LogP contribution in [0.15, 0.2) is 12.1 Å². The van der Waals surface area contributed by atoms with Gasteiger partial charge in [-0.2, -0.15) is 0 Å². The first-order valence-corrected chi connectivity index (χ1v) is 8.29. The summed E-state index contributed by atoms with van der Waals surface area (Å²) in [6, 6.07) is 3.88. The molecule has 0 aromatic carbocycles. The van der Waals surface area contributed by atoms with Crippen molar-refractivity contribution >= 4 is 40.6 Å². The van der Waals surface area contributed by atoms with Crippen LogP contribution < -0.4 is 5.73 Å². The minimum Gasteiger partial charge on any atom is -0.342 e. The van der Waals surface area contributed by atoms with Gasteiger partial charge in [0.25, 0.3) is 0 Å². The fourth-order valence-corrected chi connectivity index (χ4v) is 4.31. The van der Waals surface area contributed by atoms with Crippen LogP contribution in [0.25, 0.3) is 0 Å². The number of carbonyl (C=O) groups is 1. The van der Waals surface area contributed by atoms with Crippen LogP contribution in [-0.2, 0) is 4.79 Å². The lowest BCUT2D eigenvalue weighted by Crippen LogP contribution is -2.29. The number of nitrogens with zero attached hydrogens (tertiary/aromatic N) is 1. The normalized spacial score (nSPS) is 17.1. The maximum atomic E-state index is 11.9. The zero-order chi connectivity index (χ0) is 13.0. The maximum absolute atomic E-state index is 11.9. The molecule has 0 radical (unpaired) electrons. The van der Waals surface area contributed by atoms with Crippen molar-refractivity contribution < 1.29 is 4.79 Å². The molecule has 1 fully saturated rings. The molecule has 0 aliphatic carbocycles. The highest BCUT2D eigenvalue weighted by Crippen LogP contribution is 2.34. The van der Waals surface area contributed by atoms with Gasteiger partial charge in [0.1, 0.15) is 0 Å². The Hall–Kier alpha value is -0.230. The summed E-state index contributed by atoms with van der Waals surface area (Å²) in [5.74, 6) is 0.746. The molecular formula is C12H17ClN2OS2. The number of likely N-dealkylation sites (tertiary alicyclic amines) is 1. The lowest BCUT2D eigenvalue weighted by molar-refractivity contribution is -0.127. The summed E-state index contributed by atoms with van der Waals surface area (Å²) >= 11 is 9.08. The van der Waals surface area contributed by atoms with Crippen LogP contribution in [0.4, 0.5) is 0 Å². The maximum Gasteiger partial charge on any atom is 0.232 e. The molecule has 1 amide bonds. The summed E-state index contributed by atoms with van der Waals surface area (Å²) in [4.78, 5) is 15.0. The minimum absolute atomic E-state index is 0.175. The van der Waals surface area contributed by atoms with Gasteiger partial charge in [-0.1, -0.05) is 11.6 Å². The van der Waals surface area contributed by atoms with E-state index in [1.54, 1.807) is 23.1 Å². The highest BCUT2D eigenvalue weighted by Gasteiger charge is 2.20. The number of carbonyl (C=O) groups excluding carboxylic acids is 1. The number of nitrogens with two attached hydrogens (primary N) is 1. The van der Waals surface area contributed by atoms with Gasteiger partial charge in [0.15, 0.2) is 0 Å². The van der Waals surface area contributed by atoms with E-state index < -0.39 is 0 Å². The molecular weight excluding hydrogens is 288 g/mol. The molecule has 1 aliphatic rings. The fourth-order valence-electron chi connectivity index (χ4n) is 2.00. The second-order valence-corrected chi connectivity index (χ2v) is 7.20. The third kappa shape index (κ3) is 3.63. The van der Waals surface area contributed by atoms with Gasteiger partial charge in [-0.05, 0) is 25.0 Å². The summed E-state index contributed by atoms with van der Waals surface area (Å²) in [6.45, 7) is 2.36. The molecule has 1 saturated heterocycles. The third-order valence-corrected chi connectivity index (χ3v) is 5.75. The van der Waals surface area contributed by atoms with Crippen LogP contribution in [0.2, 0.25) is 4.34 Å². The topological polar surface area (TPSA) is 46.3 Å². The Labute approximate surface area is 121 Å². The molecule has 1 unspecified atom stereocenters. The Morgan fingerprint density at radius 1 is 1.50 bits per heavy atom. The van der Waals surface area contributed by atoms with Crippen LogP contribution in [0, 0.1) is 0 Å². The SMILES string of the molecule is NCC(SCC(=O)N1CCCC1)c1ccc(Cl)s1. The molecule has 2 N–H and O–H groups in total. The average molecular weight is 305 g/mol. The Morgan fingerprint density at radius 3 is 2.78 bits per heavy atom. The molecule has 1 aromatic heterocycles. The average Bonchev–Trinajstić information content (AvgIpc) is 3.01. The lowest BCUT2D eigenvalue weighted by Gasteiger charge is -2.17. The number of halogens is 1. The van der Waals surface area contributed by atoms with Gasteiger partial charge in [-0.25, -0.2) is 0 Å². The first kappa shape index (κ1) is 14.2. The second kappa shape index (κ2) is 6.80. The molecule has 1 atom stereocenters. The molecule has 1 aliphatic heterocycles. The van der Waals surface area contributed by atoms with Gasteiger partial charge >= 0.3 is 0 Å². The molecule has 2 rings (SSSR count). The molecule has 100 valence electrons. The fraction of sp³-hybridized carbons (Fsp3) is 0.583. The smallest absolute Gasteiger partial charge is 0.232 e. The van der Waals surface area contributed by atoms with E-state index in [-0.39, 0.29) is 11.2 Å². The molecule has 18 heavy (non-hydrogen) atoms. The molecule has 0 bridgehead atoms. The summed E-state index contributed by atoms with van der Waals surface area (Å²) in [7, 11) is 0. The second-order valence-electron chi connectivity index (χ2n) is 4.27. The molecule has 3 nitrogen and oxygen atoms in total. The number of hydrogen-bond donors (Lipinski definition) is 1. The first-order valence-electron chi connectivity index (χ1n) is 6.05. The quantitative estimate of drug-likeness (QED) is 0.910. The molecule has 1 aromatic rings. The molecule has 2 heterocycles. The Balaban J connectivity index is 1.85. The first-order chi connectivity index (χ1) is 8.70. The highest BCUT2D eigenvalue weighted by atomic mass is 35.5. The number of hydrogen-bond acceptors (Lipinski definition) is 4. The van der Waals surface area contributed by atoms with Crippen LogP contribution in [0.5, 0.6) is 0 Å². The van der Waals surface area contributed by atoms with E-state index in [0.717, 1.165) is 35.1 Å². The van der Waals surface area contributed by atoms with Crippen molar-refractivity contribution in [3.8, 4) is 0 Å². The van der Waals surface area contributed by atoms with Gasteiger partial charge in [0.05, 0.1) is 15.3 Å². The van der Waals surface area contributed by atoms with E-state index in [9.17, 15) is 4.79 Å². The van der Waals surface area contributed by atoms with E-state index in [4.69, 9.17) is 17.3 Å². The number of amides is 1. The Bertz CT molecular complexity index is 405. The standard InChI is InChI=1S/C12H17ClN2OS2/c13-11-4-3-9(18-11)10(7-14)17-8-12(16)15-5-1-2-6-15/h3-4,10H,1-2,5-8,14H2. The summed E-state index contributed by atoms with van der Waals surface area (Å²) < 4.78 is 0.773. The molecule has 6 heteroatoms. The van der Waals surface area contributed by atoms with E-state index >= 15 is 0 Å². The van der Waals surface area contributed by atoms with Crippen LogP contribution in [0.3, 0.4) is 0 Å². The van der Waals surface area contributed by atoms with Gasteiger partial charge in [0, 0.05) is 24.5 Å². The predicted molar refractivity (Wildman–Crippen MR) is 79.4 cm³/mol. The van der Waals surface area contributed by atoms with Crippen molar-refractivity contribution in [3.63, 3.8) is 0 Å². The Morgan fingerprint density at radius 2 is 2.22 bits per heavy atom. The van der Waals surface area contributed by atoms with Crippen molar-refractivity contribution in [2.24, 2.45) is 5.73 Å². The van der Waals surface area contributed by atoms with Crippen LogP contribution in [0.1, 0.15) is 23.0 Å². The van der Waals surface area contributed by atoms with E-state index in [2.05, 4.69) is 0 Å². The minimum atomic E-state index is 0.175. The Kier molecular flexibility index (Phi) is 5.36. The summed E-state index contributed by atoms with van der Waals surface area (Å²) in [6.07, 6.45) is 2.27. The predicted octanol–water partition coefficient (Wildman–Crippen LogP) is 2.76. The van der Waals surface area contributed by atoms with Crippen LogP contribution >= 0.6 is 34.7 Å². The van der Waals surface area contributed by atoms with Crippen molar-refractivity contribution in [3.05, 3.63) is 21.3 Å². The number of thioether (sulfide) groups is 1. The summed E-state index contributed by atoms with van der Waals surface area (Å²) in [5, 5.41) is 0.175. The third-order valence-electron chi connectivity index (χ3n) is 2.99. The van der Waals surface area contributed by atoms with Crippen molar-refractivity contribution in [1.29, 1.82) is 0 Å². The van der Waals surface area contributed by atoms with Gasteiger partial charge in [0.2, 0.25) is 5.91 Å². The summed E-state index contributed by atoms with van der Waals surface area (Å²) in [5.41, 5.74) is 5.77. The number of rotatable bonds is 5. The number of thiophene rings is 1. The van der Waals surface area contributed by atoms with Gasteiger partial charge < -0.3 is 10.6 Å². The lowest BCUT2D eigenvalue weighted by atomic mass is 10.3. The largest absolute Gasteiger partial charge is 0.342 e. The van der Waals surface area contributed by atoms with E-state index in [1.165, 1.54) is 0 Å². The highest BCUT2D eigenvalue weighted by molar-refractivity contribution is 8.00. The van der Waals surface area contributed by atoms with E-state index in [1.807, 2.05) is 17.0 Å². The van der Waals surface area contributed by atoms with Gasteiger partial charge in [-0.3, -0.25) is 4.79 Å². The van der Waals surface area contributed by atoms with Gasteiger partial charge in [-0.15, -0.1) is 23.1 Å².